The average molecular weight is 116 g/mol. The van der Waals surface area contributed by atoms with Crippen LogP contribution in [0.1, 0.15) is 0 Å². The van der Waals surface area contributed by atoms with Gasteiger partial charge in [-0.25, -0.2) is 4.79 Å². The van der Waals surface area contributed by atoms with Crippen LogP contribution in [-0.2, 0) is 0 Å². The van der Waals surface area contributed by atoms with Gasteiger partial charge in [-0.15, -0.1) is 0 Å². The number of hydrogen-bond acceptors (Lipinski definition) is 2. The van der Waals surface area contributed by atoms with Crippen molar-refractivity contribution in [3.05, 3.63) is 0 Å². The number of aliphatic hydroxyl groups is 1. The molecule has 0 unspecified atom stereocenters. The van der Waals surface area contributed by atoms with E-state index in [4.69, 9.17) is 5.11 Å². The summed E-state index contributed by atoms with van der Waals surface area (Å²) in [6.45, 7) is 1.08. The second-order valence-corrected chi connectivity index (χ2v) is 1.63. The zero-order valence-electron chi connectivity index (χ0n) is 4.42. The normalized spacial score (nSPS) is 17.6. The van der Waals surface area contributed by atoms with Gasteiger partial charge in [-0.3, -0.25) is 0 Å². The molecule has 0 aromatic carbocycles. The lowest BCUT2D eigenvalue weighted by Gasteiger charge is -2.30. The Bertz CT molecular complexity index is 104. The number of nitrogens with zero attached hydrogens (tertiary/aromatic N) is 1. The third-order valence-corrected chi connectivity index (χ3v) is 1.08. The summed E-state index contributed by atoms with van der Waals surface area (Å²) < 4.78 is 0. The molecule has 1 aliphatic rings. The molecule has 2 N–H and O–H groups in total. The van der Waals surface area contributed by atoms with Crippen LogP contribution in [0, 0.1) is 0 Å². The van der Waals surface area contributed by atoms with Crippen LogP contribution in [0.15, 0.2) is 0 Å². The molecular weight excluding hydrogens is 108 g/mol. The number of hydrogen-bond donors (Lipinski definition) is 2. The van der Waals surface area contributed by atoms with E-state index >= 15 is 0 Å². The van der Waals surface area contributed by atoms with Gasteiger partial charge in [0, 0.05) is 6.54 Å². The SMILES string of the molecule is O=C1NCN1CCO. The minimum absolute atomic E-state index is 0.0490. The molecule has 0 saturated carbocycles. The zero-order valence-corrected chi connectivity index (χ0v) is 4.42. The van der Waals surface area contributed by atoms with E-state index in [0.717, 1.165) is 0 Å². The summed E-state index contributed by atoms with van der Waals surface area (Å²) in [7, 11) is 0. The van der Waals surface area contributed by atoms with Gasteiger partial charge in [-0.05, 0) is 0 Å². The highest BCUT2D eigenvalue weighted by Gasteiger charge is 2.20. The Morgan fingerprint density at radius 1 is 1.88 bits per heavy atom. The van der Waals surface area contributed by atoms with Gasteiger partial charge in [-0.2, -0.15) is 0 Å². The Kier molecular flexibility index (Phi) is 1.34. The molecule has 0 aromatic rings. The van der Waals surface area contributed by atoms with Gasteiger partial charge in [0.1, 0.15) is 0 Å². The predicted molar refractivity (Wildman–Crippen MR) is 27.2 cm³/mol. The van der Waals surface area contributed by atoms with Crippen molar-refractivity contribution in [1.29, 1.82) is 0 Å². The van der Waals surface area contributed by atoms with E-state index in [1.54, 1.807) is 0 Å². The van der Waals surface area contributed by atoms with Crippen LogP contribution in [-0.4, -0.2) is 35.9 Å². The first-order valence-corrected chi connectivity index (χ1v) is 2.48. The highest BCUT2D eigenvalue weighted by Crippen LogP contribution is 1.94. The maximum Gasteiger partial charge on any atom is 0.320 e. The molecule has 0 aliphatic carbocycles. The van der Waals surface area contributed by atoms with Crippen LogP contribution >= 0.6 is 0 Å². The van der Waals surface area contributed by atoms with Crippen LogP contribution in [0.2, 0.25) is 0 Å². The number of amides is 2. The minimum Gasteiger partial charge on any atom is -0.395 e. The maximum atomic E-state index is 10.3. The molecule has 4 nitrogen and oxygen atoms in total. The molecule has 46 valence electrons. The lowest BCUT2D eigenvalue weighted by molar-refractivity contribution is 0.137. The zero-order chi connectivity index (χ0) is 5.98. The van der Waals surface area contributed by atoms with Gasteiger partial charge in [0.25, 0.3) is 0 Å². The first-order chi connectivity index (χ1) is 3.84. The first-order valence-electron chi connectivity index (χ1n) is 2.48. The predicted octanol–water partition coefficient (Wildman–Crippen LogP) is -1.04. The quantitative estimate of drug-likeness (QED) is 0.484. The van der Waals surface area contributed by atoms with Crippen molar-refractivity contribution in [2.45, 2.75) is 0 Å². The van der Waals surface area contributed by atoms with Crippen LogP contribution in [0.25, 0.3) is 0 Å². The average Bonchev–Trinajstić information content (AvgIpc) is 1.79. The summed E-state index contributed by atoms with van der Waals surface area (Å²) in [6, 6.07) is -0.0842. The Labute approximate surface area is 47.1 Å². The Hall–Kier alpha value is -0.770. The van der Waals surface area contributed by atoms with Crippen LogP contribution in [0.5, 0.6) is 0 Å². The molecule has 8 heavy (non-hydrogen) atoms. The van der Waals surface area contributed by atoms with E-state index < -0.39 is 0 Å². The topological polar surface area (TPSA) is 52.6 Å². The molecule has 1 rings (SSSR count). The molecule has 4 heteroatoms. The second kappa shape index (κ2) is 2.00. The lowest BCUT2D eigenvalue weighted by atomic mass is 10.5. The molecular formula is C4H8N2O2. The van der Waals surface area contributed by atoms with Crippen molar-refractivity contribution in [3.8, 4) is 0 Å². The van der Waals surface area contributed by atoms with Crippen molar-refractivity contribution in [1.82, 2.24) is 10.2 Å². The minimum atomic E-state index is -0.0842. The van der Waals surface area contributed by atoms with Crippen molar-refractivity contribution < 1.29 is 9.90 Å². The molecule has 0 radical (unpaired) electrons. The molecule has 0 aromatic heterocycles. The fourth-order valence-corrected chi connectivity index (χ4v) is 0.557. The number of rotatable bonds is 2. The summed E-state index contributed by atoms with van der Waals surface area (Å²) in [6.07, 6.45) is 0. The van der Waals surface area contributed by atoms with Gasteiger partial charge in [0.05, 0.1) is 13.3 Å². The molecule has 1 heterocycles. The molecule has 0 spiro atoms. The molecule has 2 amide bonds. The van der Waals surface area contributed by atoms with Crippen LogP contribution in [0.3, 0.4) is 0 Å². The van der Waals surface area contributed by atoms with E-state index in [2.05, 4.69) is 5.32 Å². The summed E-state index contributed by atoms with van der Waals surface area (Å²) in [5, 5.41) is 10.8. The summed E-state index contributed by atoms with van der Waals surface area (Å²) in [4.78, 5) is 11.9. The number of aliphatic hydroxyl groups excluding tert-OH is 1. The van der Waals surface area contributed by atoms with Gasteiger partial charge in [0.15, 0.2) is 0 Å². The number of carbonyl (C=O) groups excluding carboxylic acids is 1. The Morgan fingerprint density at radius 2 is 2.62 bits per heavy atom. The summed E-state index contributed by atoms with van der Waals surface area (Å²) >= 11 is 0. The Morgan fingerprint density at radius 3 is 2.75 bits per heavy atom. The first kappa shape index (κ1) is 5.37. The van der Waals surface area contributed by atoms with Gasteiger partial charge < -0.3 is 15.3 Å². The smallest absolute Gasteiger partial charge is 0.320 e. The van der Waals surface area contributed by atoms with E-state index in [1.807, 2.05) is 0 Å². The van der Waals surface area contributed by atoms with Gasteiger partial charge >= 0.3 is 6.03 Å². The van der Waals surface area contributed by atoms with Gasteiger partial charge in [0.2, 0.25) is 0 Å². The van der Waals surface area contributed by atoms with Crippen molar-refractivity contribution >= 4 is 6.03 Å². The van der Waals surface area contributed by atoms with Crippen molar-refractivity contribution in [3.63, 3.8) is 0 Å². The van der Waals surface area contributed by atoms with Gasteiger partial charge in [-0.1, -0.05) is 0 Å². The van der Waals surface area contributed by atoms with Crippen LogP contribution in [0.4, 0.5) is 4.79 Å². The third kappa shape index (κ3) is 0.742. The highest BCUT2D eigenvalue weighted by atomic mass is 16.3. The molecule has 0 atom stereocenters. The monoisotopic (exact) mass is 116 g/mol. The highest BCUT2D eigenvalue weighted by molar-refractivity contribution is 5.78. The number of carbonyl (C=O) groups is 1. The number of nitrogens with one attached hydrogen (secondary N) is 1. The molecule has 0 bridgehead atoms. The van der Waals surface area contributed by atoms with Crippen LogP contribution < -0.4 is 5.32 Å². The standard InChI is InChI=1S/C4H8N2O2/c7-2-1-6-3-5-4(6)8/h7H,1-3H2,(H,5,8). The molecule has 1 saturated heterocycles. The Balaban J connectivity index is 2.17. The second-order valence-electron chi connectivity index (χ2n) is 1.63. The third-order valence-electron chi connectivity index (χ3n) is 1.08. The van der Waals surface area contributed by atoms with Crippen molar-refractivity contribution in [2.24, 2.45) is 0 Å². The summed E-state index contributed by atoms with van der Waals surface area (Å²) in [5.41, 5.74) is 0. The largest absolute Gasteiger partial charge is 0.395 e. The summed E-state index contributed by atoms with van der Waals surface area (Å²) in [5.74, 6) is 0. The van der Waals surface area contributed by atoms with E-state index in [1.165, 1.54) is 4.90 Å². The number of urea groups is 1. The molecule has 1 aliphatic heterocycles. The van der Waals surface area contributed by atoms with E-state index in [9.17, 15) is 4.79 Å². The number of β-amino-alcohol motifs (C(OH)–C–C–N with tert-alkyl or cyclic N) is 1. The van der Waals surface area contributed by atoms with E-state index in [-0.39, 0.29) is 12.6 Å². The fraction of sp³-hybridized carbons (Fsp3) is 0.750. The fourth-order valence-electron chi connectivity index (χ4n) is 0.557. The van der Waals surface area contributed by atoms with Crippen molar-refractivity contribution in [2.75, 3.05) is 19.8 Å². The lowest BCUT2D eigenvalue weighted by Crippen LogP contribution is -2.57. The maximum absolute atomic E-state index is 10.3. The van der Waals surface area contributed by atoms with E-state index in [0.29, 0.717) is 13.2 Å². The molecule has 1 fully saturated rings.